The lowest BCUT2D eigenvalue weighted by Crippen LogP contribution is -2.24. The van der Waals surface area contributed by atoms with Crippen molar-refractivity contribution in [2.24, 2.45) is 0 Å². The maximum Gasteiger partial charge on any atom is 0.0236 e. The van der Waals surface area contributed by atoms with Crippen molar-refractivity contribution in [1.29, 1.82) is 0 Å². The average Bonchev–Trinajstić information content (AvgIpc) is 2.45. The summed E-state index contributed by atoms with van der Waals surface area (Å²) in [5.74, 6) is 0. The number of nitrogens with zero attached hydrogens (tertiary/aromatic N) is 1. The van der Waals surface area contributed by atoms with Crippen molar-refractivity contribution in [3.8, 4) is 0 Å². The molecule has 0 saturated heterocycles. The third-order valence-corrected chi connectivity index (χ3v) is 3.68. The summed E-state index contributed by atoms with van der Waals surface area (Å²) in [6.45, 7) is 12.2. The normalized spacial score (nSPS) is 11.2. The molecule has 2 heteroatoms. The van der Waals surface area contributed by atoms with Crippen LogP contribution < -0.4 is 5.32 Å². The van der Waals surface area contributed by atoms with Crippen LogP contribution >= 0.6 is 0 Å². The summed E-state index contributed by atoms with van der Waals surface area (Å²) >= 11 is 0. The number of benzene rings is 1. The molecular formula is C17H30N2. The molecule has 0 aromatic heterocycles. The highest BCUT2D eigenvalue weighted by molar-refractivity contribution is 5.26. The van der Waals surface area contributed by atoms with Gasteiger partial charge in [-0.05, 0) is 37.2 Å². The minimum absolute atomic E-state index is 1.00. The maximum atomic E-state index is 3.57. The summed E-state index contributed by atoms with van der Waals surface area (Å²) in [5, 5.41) is 3.57. The molecule has 1 rings (SSSR count). The predicted octanol–water partition coefficient (Wildman–Crippen LogP) is 3.81. The Balaban J connectivity index is 2.48. The quantitative estimate of drug-likeness (QED) is 0.645. The van der Waals surface area contributed by atoms with Gasteiger partial charge in [0.1, 0.15) is 0 Å². The van der Waals surface area contributed by atoms with Crippen molar-refractivity contribution < 1.29 is 0 Å². The van der Waals surface area contributed by atoms with E-state index in [2.05, 4.69) is 55.3 Å². The van der Waals surface area contributed by atoms with Gasteiger partial charge in [-0.25, -0.2) is 0 Å². The number of rotatable bonds is 10. The molecule has 108 valence electrons. The Labute approximate surface area is 119 Å². The zero-order valence-corrected chi connectivity index (χ0v) is 12.9. The average molecular weight is 262 g/mol. The van der Waals surface area contributed by atoms with Crippen LogP contribution in [0.4, 0.5) is 0 Å². The molecule has 1 aromatic rings. The van der Waals surface area contributed by atoms with Crippen molar-refractivity contribution in [2.45, 2.75) is 53.1 Å². The topological polar surface area (TPSA) is 15.3 Å². The minimum atomic E-state index is 1.00. The Bertz CT molecular complexity index is 332. The highest BCUT2D eigenvalue weighted by atomic mass is 15.1. The van der Waals surface area contributed by atoms with Crippen molar-refractivity contribution in [1.82, 2.24) is 10.2 Å². The summed E-state index contributed by atoms with van der Waals surface area (Å²) in [7, 11) is 0. The van der Waals surface area contributed by atoms with Crippen molar-refractivity contribution >= 4 is 0 Å². The van der Waals surface area contributed by atoms with Gasteiger partial charge in [-0.3, -0.25) is 4.90 Å². The van der Waals surface area contributed by atoms with E-state index in [0.29, 0.717) is 0 Å². The van der Waals surface area contributed by atoms with Crippen LogP contribution in [0.3, 0.4) is 0 Å². The molecule has 0 atom stereocenters. The predicted molar refractivity (Wildman–Crippen MR) is 84.3 cm³/mol. The van der Waals surface area contributed by atoms with E-state index < -0.39 is 0 Å². The smallest absolute Gasteiger partial charge is 0.0236 e. The molecular weight excluding hydrogens is 232 g/mol. The Kier molecular flexibility index (Phi) is 8.52. The Morgan fingerprint density at radius 3 is 2.26 bits per heavy atom. The first-order valence-corrected chi connectivity index (χ1v) is 7.81. The monoisotopic (exact) mass is 262 g/mol. The molecule has 0 aliphatic carbocycles. The van der Waals surface area contributed by atoms with Crippen LogP contribution in [0.2, 0.25) is 0 Å². The first-order chi connectivity index (χ1) is 9.31. The van der Waals surface area contributed by atoms with Gasteiger partial charge in [0, 0.05) is 13.1 Å². The second-order valence-electron chi connectivity index (χ2n) is 5.11. The highest BCUT2D eigenvalue weighted by Crippen LogP contribution is 2.11. The Morgan fingerprint density at radius 2 is 1.63 bits per heavy atom. The summed E-state index contributed by atoms with van der Waals surface area (Å²) < 4.78 is 0. The fourth-order valence-corrected chi connectivity index (χ4v) is 2.30. The summed E-state index contributed by atoms with van der Waals surface area (Å²) in [5.41, 5.74) is 2.92. The van der Waals surface area contributed by atoms with Crippen LogP contribution in [0.5, 0.6) is 0 Å². The van der Waals surface area contributed by atoms with Crippen molar-refractivity contribution in [3.63, 3.8) is 0 Å². The van der Waals surface area contributed by atoms with Crippen LogP contribution in [0.1, 0.15) is 51.2 Å². The lowest BCUT2D eigenvalue weighted by Gasteiger charge is -2.20. The van der Waals surface area contributed by atoms with Gasteiger partial charge in [0.15, 0.2) is 0 Å². The van der Waals surface area contributed by atoms with E-state index >= 15 is 0 Å². The molecule has 1 N–H and O–H groups in total. The number of nitrogens with one attached hydrogen (secondary N) is 1. The summed E-state index contributed by atoms with van der Waals surface area (Å²) in [6.07, 6.45) is 3.91. The van der Waals surface area contributed by atoms with Gasteiger partial charge >= 0.3 is 0 Å². The molecule has 0 aliphatic rings. The van der Waals surface area contributed by atoms with Crippen LogP contribution in [-0.2, 0) is 13.1 Å². The van der Waals surface area contributed by atoms with Gasteiger partial charge in [-0.1, -0.05) is 57.9 Å². The second-order valence-corrected chi connectivity index (χ2v) is 5.11. The minimum Gasteiger partial charge on any atom is -0.313 e. The largest absolute Gasteiger partial charge is 0.313 e. The third-order valence-electron chi connectivity index (χ3n) is 3.68. The van der Waals surface area contributed by atoms with E-state index in [9.17, 15) is 0 Å². The maximum absolute atomic E-state index is 3.57. The summed E-state index contributed by atoms with van der Waals surface area (Å²) in [4.78, 5) is 2.47. The molecule has 0 fully saturated rings. The lowest BCUT2D eigenvalue weighted by atomic mass is 10.1. The Morgan fingerprint density at radius 1 is 0.947 bits per heavy atom. The molecule has 0 heterocycles. The first kappa shape index (κ1) is 16.2. The van der Waals surface area contributed by atoms with E-state index in [1.807, 2.05) is 0 Å². The number of hydrogen-bond donors (Lipinski definition) is 1. The van der Waals surface area contributed by atoms with E-state index in [-0.39, 0.29) is 0 Å². The molecule has 0 radical (unpaired) electrons. The zero-order valence-electron chi connectivity index (χ0n) is 12.9. The second kappa shape index (κ2) is 9.99. The molecule has 0 amide bonds. The molecule has 2 nitrogen and oxygen atoms in total. The zero-order chi connectivity index (χ0) is 13.9. The molecule has 0 aliphatic heterocycles. The molecule has 19 heavy (non-hydrogen) atoms. The van der Waals surface area contributed by atoms with Crippen molar-refractivity contribution in [2.75, 3.05) is 19.6 Å². The standard InChI is InChI=1S/C17H30N2/c1-4-7-10-13-18-14-16-11-8-9-12-17(16)15-19(5-2)6-3/h8-9,11-12,18H,4-7,10,13-15H2,1-3H3. The van der Waals surface area contributed by atoms with Crippen molar-refractivity contribution in [3.05, 3.63) is 35.4 Å². The van der Waals surface area contributed by atoms with Crippen LogP contribution in [0.25, 0.3) is 0 Å². The fraction of sp³-hybridized carbons (Fsp3) is 0.647. The third kappa shape index (κ3) is 6.22. The fourth-order valence-electron chi connectivity index (χ4n) is 2.30. The molecule has 1 aromatic carbocycles. The van der Waals surface area contributed by atoms with Gasteiger partial charge in [0.25, 0.3) is 0 Å². The van der Waals surface area contributed by atoms with Crippen LogP contribution in [-0.4, -0.2) is 24.5 Å². The number of hydrogen-bond acceptors (Lipinski definition) is 2. The molecule has 0 bridgehead atoms. The van der Waals surface area contributed by atoms with Crippen LogP contribution in [0.15, 0.2) is 24.3 Å². The first-order valence-electron chi connectivity index (χ1n) is 7.81. The van der Waals surface area contributed by atoms with Gasteiger partial charge < -0.3 is 5.32 Å². The SMILES string of the molecule is CCCCCNCc1ccccc1CN(CC)CC. The van der Waals surface area contributed by atoms with E-state index in [1.165, 1.54) is 30.4 Å². The van der Waals surface area contributed by atoms with Gasteiger partial charge in [0.2, 0.25) is 0 Å². The molecule has 0 spiro atoms. The van der Waals surface area contributed by atoms with Gasteiger partial charge in [0.05, 0.1) is 0 Å². The highest BCUT2D eigenvalue weighted by Gasteiger charge is 2.05. The lowest BCUT2D eigenvalue weighted by molar-refractivity contribution is 0.294. The van der Waals surface area contributed by atoms with Crippen LogP contribution in [0, 0.1) is 0 Å². The molecule has 0 unspecified atom stereocenters. The van der Waals surface area contributed by atoms with E-state index in [1.54, 1.807) is 0 Å². The van der Waals surface area contributed by atoms with E-state index in [0.717, 1.165) is 32.7 Å². The van der Waals surface area contributed by atoms with E-state index in [4.69, 9.17) is 0 Å². The number of unbranched alkanes of at least 4 members (excludes halogenated alkanes) is 2. The molecule has 0 saturated carbocycles. The Hall–Kier alpha value is -0.860. The van der Waals surface area contributed by atoms with Gasteiger partial charge in [-0.15, -0.1) is 0 Å². The summed E-state index contributed by atoms with van der Waals surface area (Å²) in [6, 6.07) is 8.82. The van der Waals surface area contributed by atoms with Gasteiger partial charge in [-0.2, -0.15) is 0 Å².